The standard InChI is InChI=1S/C9H10FNO4/c10-8-4(12)1-6-9(15-3-14-6)7(8)5(13)2-11/h1,5,12-13H,2-3,11H2. The van der Waals surface area contributed by atoms with Gasteiger partial charge in [0.15, 0.2) is 23.1 Å². The van der Waals surface area contributed by atoms with Gasteiger partial charge in [-0.3, -0.25) is 0 Å². The summed E-state index contributed by atoms with van der Waals surface area (Å²) in [6, 6.07) is 1.10. The van der Waals surface area contributed by atoms with Crippen molar-refractivity contribution < 1.29 is 24.1 Å². The topological polar surface area (TPSA) is 84.9 Å². The number of aliphatic hydroxyl groups is 1. The summed E-state index contributed by atoms with van der Waals surface area (Å²) in [7, 11) is 0. The molecule has 0 radical (unpaired) electrons. The van der Waals surface area contributed by atoms with E-state index in [4.69, 9.17) is 15.2 Å². The SMILES string of the molecule is NCC(O)c1c(F)c(O)cc2c1OCO2. The second-order valence-electron chi connectivity index (χ2n) is 3.11. The van der Waals surface area contributed by atoms with Gasteiger partial charge in [-0.1, -0.05) is 0 Å². The van der Waals surface area contributed by atoms with E-state index in [1.54, 1.807) is 0 Å². The first-order valence-corrected chi connectivity index (χ1v) is 4.34. The fourth-order valence-corrected chi connectivity index (χ4v) is 1.45. The predicted molar refractivity (Wildman–Crippen MR) is 48.2 cm³/mol. The van der Waals surface area contributed by atoms with Crippen molar-refractivity contribution in [1.82, 2.24) is 0 Å². The van der Waals surface area contributed by atoms with Crippen molar-refractivity contribution in [1.29, 1.82) is 0 Å². The van der Waals surface area contributed by atoms with E-state index in [0.717, 1.165) is 6.07 Å². The molecule has 0 aliphatic carbocycles. The Morgan fingerprint density at radius 3 is 2.93 bits per heavy atom. The van der Waals surface area contributed by atoms with Crippen LogP contribution in [0.15, 0.2) is 6.07 Å². The zero-order valence-electron chi connectivity index (χ0n) is 7.74. The zero-order valence-corrected chi connectivity index (χ0v) is 7.74. The first-order chi connectivity index (χ1) is 7.15. The number of benzene rings is 1. The molecule has 1 heterocycles. The van der Waals surface area contributed by atoms with Crippen LogP contribution in [0, 0.1) is 5.82 Å². The van der Waals surface area contributed by atoms with Gasteiger partial charge in [-0.2, -0.15) is 0 Å². The van der Waals surface area contributed by atoms with Gasteiger partial charge in [-0.25, -0.2) is 4.39 Å². The molecular weight excluding hydrogens is 205 g/mol. The average molecular weight is 215 g/mol. The third-order valence-corrected chi connectivity index (χ3v) is 2.17. The Balaban J connectivity index is 2.60. The molecule has 1 aromatic rings. The predicted octanol–water partition coefficient (Wildman–Crippen LogP) is 0.252. The molecule has 6 heteroatoms. The number of phenolic OH excluding ortho intramolecular Hbond substituents is 1. The van der Waals surface area contributed by atoms with Crippen LogP contribution in [0.25, 0.3) is 0 Å². The molecule has 0 saturated heterocycles. The number of phenols is 1. The molecule has 15 heavy (non-hydrogen) atoms. The van der Waals surface area contributed by atoms with Gasteiger partial charge in [0.1, 0.15) is 0 Å². The molecule has 0 saturated carbocycles. The lowest BCUT2D eigenvalue weighted by Gasteiger charge is -2.12. The number of nitrogens with two attached hydrogens (primary N) is 1. The second kappa shape index (κ2) is 3.56. The van der Waals surface area contributed by atoms with E-state index in [9.17, 15) is 14.6 Å². The summed E-state index contributed by atoms with van der Waals surface area (Å²) >= 11 is 0. The van der Waals surface area contributed by atoms with Crippen molar-refractivity contribution in [2.75, 3.05) is 13.3 Å². The van der Waals surface area contributed by atoms with Gasteiger partial charge in [0.05, 0.1) is 11.7 Å². The van der Waals surface area contributed by atoms with E-state index in [0.29, 0.717) is 0 Å². The van der Waals surface area contributed by atoms with E-state index in [2.05, 4.69) is 0 Å². The van der Waals surface area contributed by atoms with Crippen LogP contribution in [0.5, 0.6) is 17.2 Å². The minimum absolute atomic E-state index is 0.0669. The molecule has 0 bridgehead atoms. The molecule has 0 amide bonds. The minimum Gasteiger partial charge on any atom is -0.505 e. The third kappa shape index (κ3) is 1.47. The molecule has 0 fully saturated rings. The third-order valence-electron chi connectivity index (χ3n) is 2.17. The van der Waals surface area contributed by atoms with Gasteiger partial charge < -0.3 is 25.4 Å². The molecule has 0 spiro atoms. The minimum atomic E-state index is -1.23. The highest BCUT2D eigenvalue weighted by Crippen LogP contribution is 2.43. The maximum Gasteiger partial charge on any atom is 0.231 e. The van der Waals surface area contributed by atoms with Crippen molar-refractivity contribution >= 4 is 0 Å². The van der Waals surface area contributed by atoms with Crippen LogP contribution in [0.3, 0.4) is 0 Å². The van der Waals surface area contributed by atoms with Crippen molar-refractivity contribution in [2.24, 2.45) is 5.73 Å². The van der Waals surface area contributed by atoms with E-state index >= 15 is 0 Å². The fraction of sp³-hybridized carbons (Fsp3) is 0.333. The lowest BCUT2D eigenvalue weighted by molar-refractivity contribution is 0.158. The van der Waals surface area contributed by atoms with Crippen LogP contribution in [-0.4, -0.2) is 23.6 Å². The largest absolute Gasteiger partial charge is 0.505 e. The Hall–Kier alpha value is -1.53. The van der Waals surface area contributed by atoms with Crippen molar-refractivity contribution in [3.63, 3.8) is 0 Å². The average Bonchev–Trinajstić information content (AvgIpc) is 2.66. The zero-order chi connectivity index (χ0) is 11.0. The Morgan fingerprint density at radius 1 is 1.53 bits per heavy atom. The highest BCUT2D eigenvalue weighted by atomic mass is 19.1. The molecule has 0 aromatic heterocycles. The molecule has 1 atom stereocenters. The summed E-state index contributed by atoms with van der Waals surface area (Å²) in [6.45, 7) is -0.237. The second-order valence-corrected chi connectivity index (χ2v) is 3.11. The molecule has 1 aliphatic heterocycles. The Morgan fingerprint density at radius 2 is 2.27 bits per heavy atom. The van der Waals surface area contributed by atoms with Crippen LogP contribution in [-0.2, 0) is 0 Å². The van der Waals surface area contributed by atoms with Gasteiger partial charge in [-0.05, 0) is 0 Å². The lowest BCUT2D eigenvalue weighted by Crippen LogP contribution is -2.14. The molecule has 5 nitrogen and oxygen atoms in total. The van der Waals surface area contributed by atoms with E-state index in [-0.39, 0.29) is 30.4 Å². The van der Waals surface area contributed by atoms with Gasteiger partial charge in [0.2, 0.25) is 6.79 Å². The fourth-order valence-electron chi connectivity index (χ4n) is 1.45. The first-order valence-electron chi connectivity index (χ1n) is 4.34. The number of hydrogen-bond donors (Lipinski definition) is 3. The summed E-state index contributed by atoms with van der Waals surface area (Å²) in [5.41, 5.74) is 5.06. The van der Waals surface area contributed by atoms with Gasteiger partial charge >= 0.3 is 0 Å². The van der Waals surface area contributed by atoms with Crippen molar-refractivity contribution in [3.8, 4) is 17.2 Å². The van der Waals surface area contributed by atoms with Gasteiger partial charge in [-0.15, -0.1) is 0 Å². The number of fused-ring (bicyclic) bond motifs is 1. The summed E-state index contributed by atoms with van der Waals surface area (Å²) in [5.74, 6) is -1.22. The number of hydrogen-bond acceptors (Lipinski definition) is 5. The Labute approximate surface area is 84.8 Å². The quantitative estimate of drug-likeness (QED) is 0.658. The smallest absolute Gasteiger partial charge is 0.231 e. The molecular formula is C9H10FNO4. The Bertz CT molecular complexity index is 396. The monoisotopic (exact) mass is 215 g/mol. The summed E-state index contributed by atoms with van der Waals surface area (Å²) in [5, 5.41) is 18.7. The number of rotatable bonds is 2. The van der Waals surface area contributed by atoms with E-state index in [1.807, 2.05) is 0 Å². The van der Waals surface area contributed by atoms with Crippen molar-refractivity contribution in [3.05, 3.63) is 17.4 Å². The van der Waals surface area contributed by atoms with E-state index < -0.39 is 17.7 Å². The van der Waals surface area contributed by atoms with Crippen LogP contribution < -0.4 is 15.2 Å². The summed E-state index contributed by atoms with van der Waals surface area (Å²) < 4.78 is 23.5. The summed E-state index contributed by atoms with van der Waals surface area (Å²) in [4.78, 5) is 0. The highest BCUT2D eigenvalue weighted by molar-refractivity contribution is 5.54. The first kappa shape index (κ1) is 10.0. The van der Waals surface area contributed by atoms with Gasteiger partial charge in [0.25, 0.3) is 0 Å². The molecule has 1 aliphatic rings. The molecule has 1 unspecified atom stereocenters. The lowest BCUT2D eigenvalue weighted by atomic mass is 10.1. The van der Waals surface area contributed by atoms with E-state index in [1.165, 1.54) is 0 Å². The maximum absolute atomic E-state index is 13.5. The van der Waals surface area contributed by atoms with Crippen LogP contribution in [0.1, 0.15) is 11.7 Å². The number of ether oxygens (including phenoxy) is 2. The molecule has 2 rings (SSSR count). The van der Waals surface area contributed by atoms with Crippen LogP contribution in [0.2, 0.25) is 0 Å². The number of aliphatic hydroxyl groups excluding tert-OH is 1. The molecule has 82 valence electrons. The Kier molecular flexibility index (Phi) is 2.37. The molecule has 1 aromatic carbocycles. The summed E-state index contributed by atoms with van der Waals surface area (Å²) in [6.07, 6.45) is -1.23. The van der Waals surface area contributed by atoms with Gasteiger partial charge in [0, 0.05) is 12.6 Å². The van der Waals surface area contributed by atoms with Crippen molar-refractivity contribution in [2.45, 2.75) is 6.10 Å². The normalized spacial score (nSPS) is 15.4. The number of halogens is 1. The molecule has 4 N–H and O–H groups in total. The maximum atomic E-state index is 13.5. The number of aromatic hydroxyl groups is 1. The van der Waals surface area contributed by atoms with Crippen LogP contribution >= 0.6 is 0 Å². The van der Waals surface area contributed by atoms with Crippen LogP contribution in [0.4, 0.5) is 4.39 Å². The highest BCUT2D eigenvalue weighted by Gasteiger charge is 2.28.